The van der Waals surface area contributed by atoms with Crippen LogP contribution in [-0.4, -0.2) is 12.9 Å². The first-order valence-corrected chi connectivity index (χ1v) is 3.36. The summed E-state index contributed by atoms with van der Waals surface area (Å²) in [4.78, 5) is 0. The molecule has 0 radical (unpaired) electrons. The van der Waals surface area contributed by atoms with E-state index < -0.39 is 0 Å². The Kier molecular flexibility index (Phi) is 2.47. The molecule has 0 saturated carbocycles. The van der Waals surface area contributed by atoms with E-state index in [2.05, 4.69) is 17.6 Å². The molecule has 1 rings (SSSR count). The van der Waals surface area contributed by atoms with Crippen LogP contribution in [0.15, 0.2) is 42.0 Å². The monoisotopic (exact) mass is 146 g/mol. The number of para-hydroxylation sites is 1. The fraction of sp³-hybridized carbons (Fsp3) is 0.111. The van der Waals surface area contributed by atoms with Crippen LogP contribution in [-0.2, 0) is 0 Å². The second-order valence-electron chi connectivity index (χ2n) is 2.12. The summed E-state index contributed by atoms with van der Waals surface area (Å²) in [5, 5.41) is 5.58. The molecule has 0 unspecified atom stereocenters. The quantitative estimate of drug-likeness (QED) is 0.459. The molecule has 0 spiro atoms. The van der Waals surface area contributed by atoms with Crippen LogP contribution in [0, 0.1) is 0 Å². The summed E-state index contributed by atoms with van der Waals surface area (Å²) in [6.45, 7) is 3.39. The summed E-state index contributed by atoms with van der Waals surface area (Å²) in [6.07, 6.45) is 0. The third-order valence-corrected chi connectivity index (χ3v) is 1.35. The molecule has 0 saturated heterocycles. The molecule has 0 aliphatic heterocycles. The molecule has 0 aliphatic carbocycles. The molecule has 2 heteroatoms. The summed E-state index contributed by atoms with van der Waals surface area (Å²) >= 11 is 0. The Morgan fingerprint density at radius 2 is 2.00 bits per heavy atom. The van der Waals surface area contributed by atoms with Crippen LogP contribution < -0.4 is 5.01 Å². The van der Waals surface area contributed by atoms with Crippen molar-refractivity contribution in [2.75, 3.05) is 12.1 Å². The van der Waals surface area contributed by atoms with Crippen molar-refractivity contribution >= 4 is 11.6 Å². The molecule has 11 heavy (non-hydrogen) atoms. The molecule has 0 fully saturated rings. The largest absolute Gasteiger partial charge is 0.261 e. The van der Waals surface area contributed by atoms with E-state index in [0.717, 1.165) is 5.69 Å². The maximum Gasteiger partial charge on any atom is 0.0597 e. The predicted molar refractivity (Wildman–Crippen MR) is 47.9 cm³/mol. The predicted octanol–water partition coefficient (Wildman–Crippen LogP) is 1.89. The van der Waals surface area contributed by atoms with Crippen LogP contribution in [0.2, 0.25) is 0 Å². The first kappa shape index (κ1) is 7.58. The van der Waals surface area contributed by atoms with Gasteiger partial charge >= 0.3 is 0 Å². The van der Waals surface area contributed by atoms with Crippen LogP contribution >= 0.6 is 0 Å². The van der Waals surface area contributed by atoms with Gasteiger partial charge in [0.15, 0.2) is 0 Å². The van der Waals surface area contributed by atoms with Gasteiger partial charge in [-0.3, -0.25) is 5.01 Å². The van der Waals surface area contributed by atoms with Gasteiger partial charge in [-0.15, -0.1) is 5.10 Å². The first-order chi connectivity index (χ1) is 5.34. The van der Waals surface area contributed by atoms with Gasteiger partial charge in [0.05, 0.1) is 5.69 Å². The van der Waals surface area contributed by atoms with Gasteiger partial charge in [-0.1, -0.05) is 18.2 Å². The van der Waals surface area contributed by atoms with E-state index in [1.807, 2.05) is 37.4 Å². The Labute approximate surface area is 66.5 Å². The van der Waals surface area contributed by atoms with Crippen molar-refractivity contribution in [3.63, 3.8) is 0 Å². The lowest BCUT2D eigenvalue weighted by Crippen LogP contribution is -2.06. The zero-order chi connectivity index (χ0) is 8.10. The zero-order valence-corrected chi connectivity index (χ0v) is 6.49. The Morgan fingerprint density at radius 3 is 2.55 bits per heavy atom. The molecular weight excluding hydrogens is 136 g/mol. The third-order valence-electron chi connectivity index (χ3n) is 1.35. The first-order valence-electron chi connectivity index (χ1n) is 3.36. The second kappa shape index (κ2) is 3.59. The number of nitrogens with zero attached hydrogens (tertiary/aromatic N) is 2. The van der Waals surface area contributed by atoms with Crippen LogP contribution in [0.3, 0.4) is 0 Å². The molecule has 0 heterocycles. The van der Waals surface area contributed by atoms with Crippen molar-refractivity contribution in [3.05, 3.63) is 36.9 Å². The van der Waals surface area contributed by atoms with Crippen molar-refractivity contribution in [1.29, 1.82) is 0 Å². The van der Waals surface area contributed by atoms with Gasteiger partial charge in [0, 0.05) is 12.9 Å². The van der Waals surface area contributed by atoms with Crippen molar-refractivity contribution in [2.24, 2.45) is 5.10 Å². The standard InChI is InChI=1S/C9H10N2/c1-3-10-11(2)9-7-5-4-6-8-9/h4-8H,1H2,2H3. The lowest BCUT2D eigenvalue weighted by Gasteiger charge is -2.09. The minimum absolute atomic E-state index is 1.03. The second-order valence-corrected chi connectivity index (χ2v) is 2.12. The van der Waals surface area contributed by atoms with Crippen LogP contribution in [0.4, 0.5) is 5.69 Å². The highest BCUT2D eigenvalue weighted by molar-refractivity contribution is 5.52. The molecule has 0 bridgehead atoms. The molecule has 1 aromatic rings. The molecule has 0 atom stereocenters. The number of benzene rings is 1. The molecule has 0 N–H and O–H groups in total. The van der Waals surface area contributed by atoms with Gasteiger partial charge < -0.3 is 0 Å². The molecule has 1 aromatic carbocycles. The molecule has 0 aliphatic rings. The number of hydrogen-bond acceptors (Lipinski definition) is 2. The summed E-state index contributed by atoms with van der Waals surface area (Å²) in [6, 6.07) is 9.84. The maximum atomic E-state index is 3.87. The van der Waals surface area contributed by atoms with Gasteiger partial charge in [0.25, 0.3) is 0 Å². The number of hydrazone groups is 1. The number of anilines is 1. The topological polar surface area (TPSA) is 15.6 Å². The zero-order valence-electron chi connectivity index (χ0n) is 6.49. The highest BCUT2D eigenvalue weighted by Crippen LogP contribution is 2.09. The van der Waals surface area contributed by atoms with Crippen molar-refractivity contribution < 1.29 is 0 Å². The van der Waals surface area contributed by atoms with Gasteiger partial charge in [-0.2, -0.15) is 0 Å². The summed E-state index contributed by atoms with van der Waals surface area (Å²) in [5.41, 5.74) is 1.03. The van der Waals surface area contributed by atoms with Gasteiger partial charge in [-0.05, 0) is 18.7 Å². The number of hydrogen-bond donors (Lipinski definition) is 0. The van der Waals surface area contributed by atoms with E-state index in [-0.39, 0.29) is 0 Å². The van der Waals surface area contributed by atoms with E-state index >= 15 is 0 Å². The van der Waals surface area contributed by atoms with Crippen molar-refractivity contribution in [2.45, 2.75) is 0 Å². The van der Waals surface area contributed by atoms with Gasteiger partial charge in [-0.25, -0.2) is 0 Å². The minimum Gasteiger partial charge on any atom is -0.261 e. The van der Waals surface area contributed by atoms with Crippen molar-refractivity contribution in [1.82, 2.24) is 0 Å². The lowest BCUT2D eigenvalue weighted by molar-refractivity contribution is 1.03. The van der Waals surface area contributed by atoms with Gasteiger partial charge in [0.1, 0.15) is 0 Å². The van der Waals surface area contributed by atoms with Crippen LogP contribution in [0.5, 0.6) is 0 Å². The van der Waals surface area contributed by atoms with Crippen molar-refractivity contribution in [3.8, 4) is 0 Å². The van der Waals surface area contributed by atoms with Crippen LogP contribution in [0.25, 0.3) is 0 Å². The summed E-state index contributed by atoms with van der Waals surface area (Å²) in [5.74, 6) is 2.47. The van der Waals surface area contributed by atoms with Crippen LogP contribution in [0.1, 0.15) is 0 Å². The fourth-order valence-electron chi connectivity index (χ4n) is 0.808. The Bertz CT molecular complexity index is 260. The highest BCUT2D eigenvalue weighted by Gasteiger charge is 1.92. The smallest absolute Gasteiger partial charge is 0.0597 e. The maximum absolute atomic E-state index is 3.87. The Hall–Kier alpha value is -1.53. The normalized spacial score (nSPS) is 8.45. The Balaban J connectivity index is 2.84. The molecule has 0 aromatic heterocycles. The minimum atomic E-state index is 1.03. The number of rotatable bonds is 2. The third kappa shape index (κ3) is 1.95. The van der Waals surface area contributed by atoms with E-state index in [4.69, 9.17) is 0 Å². The SMILES string of the molecule is C=C=NN(C)c1ccccc1. The van der Waals surface area contributed by atoms with Gasteiger partial charge in [0.2, 0.25) is 0 Å². The van der Waals surface area contributed by atoms with E-state index in [1.165, 1.54) is 0 Å². The average Bonchev–Trinajstić information content (AvgIpc) is 2.07. The van der Waals surface area contributed by atoms with E-state index in [0.29, 0.717) is 0 Å². The highest BCUT2D eigenvalue weighted by atomic mass is 15.4. The van der Waals surface area contributed by atoms with E-state index in [9.17, 15) is 0 Å². The summed E-state index contributed by atoms with van der Waals surface area (Å²) in [7, 11) is 1.85. The summed E-state index contributed by atoms with van der Waals surface area (Å²) < 4.78 is 0. The molecule has 2 nitrogen and oxygen atoms in total. The average molecular weight is 146 g/mol. The lowest BCUT2D eigenvalue weighted by atomic mass is 10.3. The fourth-order valence-corrected chi connectivity index (χ4v) is 0.808. The molecular formula is C9H10N2. The molecule has 0 amide bonds. The van der Waals surface area contributed by atoms with E-state index in [1.54, 1.807) is 5.01 Å². The Morgan fingerprint density at radius 1 is 1.36 bits per heavy atom. The molecule has 56 valence electrons.